The number of fused-ring (bicyclic) bond motifs is 1. The maximum absolute atomic E-state index is 3.44. The molecule has 1 aromatic rings. The number of benzene rings is 1. The lowest BCUT2D eigenvalue weighted by molar-refractivity contribution is 0.118. The topological polar surface area (TPSA) is 15.3 Å². The second kappa shape index (κ2) is 6.28. The predicted octanol–water partition coefficient (Wildman–Crippen LogP) is 3.01. The highest BCUT2D eigenvalue weighted by molar-refractivity contribution is 5.30. The van der Waals surface area contributed by atoms with Crippen molar-refractivity contribution in [1.82, 2.24) is 10.2 Å². The maximum Gasteiger partial charge on any atom is 0.0139 e. The lowest BCUT2D eigenvalue weighted by Crippen LogP contribution is -2.46. The summed E-state index contributed by atoms with van der Waals surface area (Å²) in [7, 11) is 4.47. The Morgan fingerprint density at radius 2 is 1.65 bits per heavy atom. The lowest BCUT2D eigenvalue weighted by Gasteiger charge is -2.41. The molecule has 0 spiro atoms. The van der Waals surface area contributed by atoms with Gasteiger partial charge < -0.3 is 10.2 Å². The maximum atomic E-state index is 3.44. The molecule has 0 aromatic heterocycles. The standard InChI is InChI=1S/C18H28N2/c1-19-16-8-11-17(12-9-16)20(2)18-10-7-14-5-3-4-6-15(14)13-18/h3-6,16-19H,7-13H2,1-2H3. The molecule has 0 bridgehead atoms. The minimum absolute atomic E-state index is 0.751. The molecular formula is C18H28N2. The van der Waals surface area contributed by atoms with E-state index in [1.807, 2.05) is 0 Å². The summed E-state index contributed by atoms with van der Waals surface area (Å²) in [5.41, 5.74) is 3.16. The molecule has 0 aliphatic heterocycles. The highest BCUT2D eigenvalue weighted by Gasteiger charge is 2.29. The quantitative estimate of drug-likeness (QED) is 0.910. The van der Waals surface area contributed by atoms with Gasteiger partial charge in [-0.05, 0) is 70.2 Å². The van der Waals surface area contributed by atoms with Crippen molar-refractivity contribution in [3.63, 3.8) is 0 Å². The molecule has 1 saturated carbocycles. The Hall–Kier alpha value is -0.860. The van der Waals surface area contributed by atoms with Gasteiger partial charge in [-0.3, -0.25) is 0 Å². The second-order valence-electron chi connectivity index (χ2n) is 6.62. The third-order valence-electron chi connectivity index (χ3n) is 5.58. The van der Waals surface area contributed by atoms with Crippen LogP contribution in [0.5, 0.6) is 0 Å². The van der Waals surface area contributed by atoms with E-state index in [0.29, 0.717) is 0 Å². The van der Waals surface area contributed by atoms with E-state index in [9.17, 15) is 0 Å². The van der Waals surface area contributed by atoms with E-state index in [4.69, 9.17) is 0 Å². The zero-order valence-electron chi connectivity index (χ0n) is 12.9. The van der Waals surface area contributed by atoms with Gasteiger partial charge in [0, 0.05) is 18.1 Å². The van der Waals surface area contributed by atoms with Crippen LogP contribution >= 0.6 is 0 Å². The van der Waals surface area contributed by atoms with Crippen LogP contribution in [0.1, 0.15) is 43.2 Å². The number of nitrogens with one attached hydrogen (secondary N) is 1. The first kappa shape index (κ1) is 14.1. The van der Waals surface area contributed by atoms with E-state index < -0.39 is 0 Å². The molecule has 1 aromatic carbocycles. The van der Waals surface area contributed by atoms with Crippen molar-refractivity contribution >= 4 is 0 Å². The van der Waals surface area contributed by atoms with Gasteiger partial charge in [0.25, 0.3) is 0 Å². The number of hydrogen-bond donors (Lipinski definition) is 1. The average Bonchev–Trinajstić information content (AvgIpc) is 2.54. The van der Waals surface area contributed by atoms with Crippen LogP contribution < -0.4 is 5.32 Å². The van der Waals surface area contributed by atoms with Crippen LogP contribution in [0.3, 0.4) is 0 Å². The Labute approximate surface area is 123 Å². The van der Waals surface area contributed by atoms with Crippen molar-refractivity contribution in [3.8, 4) is 0 Å². The van der Waals surface area contributed by atoms with Gasteiger partial charge in [-0.25, -0.2) is 0 Å². The summed E-state index contributed by atoms with van der Waals surface area (Å²) in [4.78, 5) is 2.70. The van der Waals surface area contributed by atoms with Gasteiger partial charge in [0.2, 0.25) is 0 Å². The Bertz CT molecular complexity index is 435. The van der Waals surface area contributed by atoms with Crippen LogP contribution in [0.15, 0.2) is 24.3 Å². The largest absolute Gasteiger partial charge is 0.317 e. The molecule has 1 N–H and O–H groups in total. The van der Waals surface area contributed by atoms with Crippen LogP contribution in [0.2, 0.25) is 0 Å². The summed E-state index contributed by atoms with van der Waals surface area (Å²) < 4.78 is 0. The number of nitrogens with zero attached hydrogens (tertiary/aromatic N) is 1. The third-order valence-corrected chi connectivity index (χ3v) is 5.58. The molecule has 2 aliphatic rings. The highest BCUT2D eigenvalue weighted by Crippen LogP contribution is 2.29. The molecule has 0 amide bonds. The molecule has 1 atom stereocenters. The van der Waals surface area contributed by atoms with E-state index in [2.05, 4.69) is 48.6 Å². The zero-order chi connectivity index (χ0) is 13.9. The van der Waals surface area contributed by atoms with Crippen LogP contribution in [0, 0.1) is 0 Å². The van der Waals surface area contributed by atoms with Gasteiger partial charge in [-0.15, -0.1) is 0 Å². The summed E-state index contributed by atoms with van der Waals surface area (Å²) in [5, 5.41) is 3.44. The monoisotopic (exact) mass is 272 g/mol. The molecule has 1 unspecified atom stereocenters. The smallest absolute Gasteiger partial charge is 0.0139 e. The van der Waals surface area contributed by atoms with E-state index in [-0.39, 0.29) is 0 Å². The number of hydrogen-bond acceptors (Lipinski definition) is 2. The first-order chi connectivity index (χ1) is 9.78. The van der Waals surface area contributed by atoms with Crippen molar-refractivity contribution < 1.29 is 0 Å². The molecule has 2 aliphatic carbocycles. The molecule has 2 heteroatoms. The van der Waals surface area contributed by atoms with Crippen LogP contribution in [0.25, 0.3) is 0 Å². The molecule has 0 saturated heterocycles. The fraction of sp³-hybridized carbons (Fsp3) is 0.667. The Morgan fingerprint density at radius 3 is 2.35 bits per heavy atom. The first-order valence-corrected chi connectivity index (χ1v) is 8.24. The Morgan fingerprint density at radius 1 is 0.950 bits per heavy atom. The van der Waals surface area contributed by atoms with Crippen molar-refractivity contribution in [1.29, 1.82) is 0 Å². The fourth-order valence-corrected chi connectivity index (χ4v) is 4.10. The van der Waals surface area contributed by atoms with E-state index in [0.717, 1.165) is 18.1 Å². The Balaban J connectivity index is 1.60. The van der Waals surface area contributed by atoms with Gasteiger partial charge in [0.15, 0.2) is 0 Å². The predicted molar refractivity (Wildman–Crippen MR) is 85.1 cm³/mol. The van der Waals surface area contributed by atoms with Crippen molar-refractivity contribution in [2.24, 2.45) is 0 Å². The van der Waals surface area contributed by atoms with E-state index in [1.54, 1.807) is 11.1 Å². The first-order valence-electron chi connectivity index (χ1n) is 8.24. The molecule has 110 valence electrons. The van der Waals surface area contributed by atoms with Gasteiger partial charge in [0.05, 0.1) is 0 Å². The Kier molecular flexibility index (Phi) is 4.42. The van der Waals surface area contributed by atoms with Gasteiger partial charge in [-0.1, -0.05) is 24.3 Å². The SMILES string of the molecule is CNC1CCC(N(C)C2CCc3ccccc3C2)CC1. The van der Waals surface area contributed by atoms with E-state index in [1.165, 1.54) is 44.9 Å². The highest BCUT2D eigenvalue weighted by atomic mass is 15.2. The summed E-state index contributed by atoms with van der Waals surface area (Å²) in [6, 6.07) is 11.3. The minimum Gasteiger partial charge on any atom is -0.317 e. The molecule has 20 heavy (non-hydrogen) atoms. The second-order valence-corrected chi connectivity index (χ2v) is 6.62. The molecular weight excluding hydrogens is 244 g/mol. The van der Waals surface area contributed by atoms with Crippen molar-refractivity contribution in [2.75, 3.05) is 14.1 Å². The molecule has 3 rings (SSSR count). The summed E-state index contributed by atoms with van der Waals surface area (Å²) in [6.07, 6.45) is 9.25. The van der Waals surface area contributed by atoms with E-state index >= 15 is 0 Å². The lowest BCUT2D eigenvalue weighted by atomic mass is 9.84. The number of likely N-dealkylation sites (N-methyl/N-ethyl adjacent to an activating group) is 1. The number of rotatable bonds is 3. The van der Waals surface area contributed by atoms with Gasteiger partial charge >= 0.3 is 0 Å². The third kappa shape index (κ3) is 2.91. The normalized spacial score (nSPS) is 30.2. The average molecular weight is 272 g/mol. The molecule has 0 radical (unpaired) electrons. The number of aryl methyl sites for hydroxylation is 1. The molecule has 1 fully saturated rings. The summed E-state index contributed by atoms with van der Waals surface area (Å²) in [6.45, 7) is 0. The van der Waals surface area contributed by atoms with Crippen molar-refractivity contribution in [2.45, 2.75) is 63.1 Å². The molecule has 0 heterocycles. The van der Waals surface area contributed by atoms with Gasteiger partial charge in [-0.2, -0.15) is 0 Å². The van der Waals surface area contributed by atoms with Crippen molar-refractivity contribution in [3.05, 3.63) is 35.4 Å². The summed E-state index contributed by atoms with van der Waals surface area (Å²) >= 11 is 0. The van der Waals surface area contributed by atoms with Crippen LogP contribution in [-0.2, 0) is 12.8 Å². The zero-order valence-corrected chi connectivity index (χ0v) is 12.9. The van der Waals surface area contributed by atoms with Crippen LogP contribution in [-0.4, -0.2) is 37.1 Å². The fourth-order valence-electron chi connectivity index (χ4n) is 4.10. The minimum atomic E-state index is 0.751. The molecule has 2 nitrogen and oxygen atoms in total. The summed E-state index contributed by atoms with van der Waals surface area (Å²) in [5.74, 6) is 0. The van der Waals surface area contributed by atoms with Gasteiger partial charge in [0.1, 0.15) is 0 Å². The van der Waals surface area contributed by atoms with Crippen LogP contribution in [0.4, 0.5) is 0 Å².